The van der Waals surface area contributed by atoms with Crippen molar-refractivity contribution in [1.82, 2.24) is 29.4 Å². The molecule has 4 atom stereocenters. The monoisotopic (exact) mass is 2170 g/mol. The van der Waals surface area contributed by atoms with Gasteiger partial charge in [-0.1, -0.05) is 384 Å². The highest BCUT2D eigenvalue weighted by molar-refractivity contribution is 8.14. The minimum atomic E-state index is -0.265. The Kier molecular flexibility index (Phi) is 108. The zero-order valence-corrected chi connectivity index (χ0v) is 102. The SMILES string of the molecule is CCC/C=C/CCC(CC/C=C/CCCCCCCCCC(CCCCCCC)OC(=O)CCCN(CCCC(=O)OC(CCCCCCC)CCCCCCCCCCCCCCC(CCCCCCC)OC(=O)CCCN(CCCC(=O)OC(CCCCCCC)CCCCCCC)C(=O)SCCCN(C)C)C(=O)SCCCN(CC)CC)OC(=O)CCCN(CCCC(=O)OC/C=C\CCCCCC)C(=O)SCCN(C)C. The molecule has 0 saturated heterocycles. The highest BCUT2D eigenvalue weighted by Crippen LogP contribution is 2.28. The number of ether oxygens (including phenoxy) is 6. The summed E-state index contributed by atoms with van der Waals surface area (Å²) in [4.78, 5) is 134. The molecule has 4 unspecified atom stereocenters. The largest absolute Gasteiger partial charge is 0.462 e. The second-order valence-electron chi connectivity index (χ2n) is 43.6. The van der Waals surface area contributed by atoms with Crippen molar-refractivity contribution in [3.8, 4) is 0 Å². The van der Waals surface area contributed by atoms with Gasteiger partial charge in [-0.15, -0.1) is 0 Å². The quantitative estimate of drug-likeness (QED) is 0.0238. The number of nitrogens with zero attached hydrogens (tertiary/aromatic N) is 6. The van der Waals surface area contributed by atoms with E-state index in [1.165, 1.54) is 234 Å². The molecule has 0 spiro atoms. The summed E-state index contributed by atoms with van der Waals surface area (Å²) < 4.78 is 36.6. The van der Waals surface area contributed by atoms with Crippen molar-refractivity contribution in [1.29, 1.82) is 0 Å². The number of hydrogen-bond donors (Lipinski definition) is 0. The van der Waals surface area contributed by atoms with Gasteiger partial charge in [-0.25, -0.2) is 0 Å². The Hall–Kier alpha value is -4.62. The summed E-state index contributed by atoms with van der Waals surface area (Å²) in [6.45, 7) is 27.4. The number of esters is 6. The van der Waals surface area contributed by atoms with E-state index in [0.29, 0.717) is 83.5 Å². The Bertz CT molecular complexity index is 3190. The molecule has 0 aromatic carbocycles. The van der Waals surface area contributed by atoms with E-state index in [4.69, 9.17) is 28.4 Å². The van der Waals surface area contributed by atoms with Gasteiger partial charge in [0.05, 0.1) is 0 Å². The molecule has 0 aliphatic heterocycles. The number of amides is 3. The summed E-state index contributed by atoms with van der Waals surface area (Å²) >= 11 is 3.99. The van der Waals surface area contributed by atoms with Crippen molar-refractivity contribution in [3.63, 3.8) is 0 Å². The van der Waals surface area contributed by atoms with Gasteiger partial charge in [0.2, 0.25) is 0 Å². The topological polar surface area (TPSA) is 228 Å². The van der Waals surface area contributed by atoms with E-state index in [1.807, 2.05) is 44.1 Å². The Morgan fingerprint density at radius 1 is 0.207 bits per heavy atom. The first kappa shape index (κ1) is 145. The standard InChI is InChI=1S/C126H236N6O15S3/c1-14-23-30-37-53-64-75-109-142-118(133)94-76-102-132(126(141)150-112-108-128(12)13)107-81-99-123(138)147-117(89-70-59-36-29-20-7)93-74-63-52-48-44-40-43-47-51-62-73-92-116(88-69-58-35-28-19-6)146-122(137)98-80-106-131(125(140)149-111-83-101-129(21-8)22-9)105-79-97-121(136)145-115(87-68-57-34-27-18-5)91-72-61-50-46-42-39-38-41-45-49-60-71-90-114(86-67-56-33-26-17-4)144-120(135)96-78-104-130(124(139)148-110-82-100-127(10)11)103-77-95-119(134)143-113(84-65-54-31-24-15-2)85-66-55-32-25-16-3/h36,52,59,63-64,75,113-117H,14-35,37-51,53-58,60-62,65-74,76-112H2,1-13H3/b59-36+,63-52+,75-64-. The van der Waals surface area contributed by atoms with Gasteiger partial charge < -0.3 is 57.8 Å². The number of unbranched alkanes of at least 4 members (excludes halogenated alkanes) is 43. The van der Waals surface area contributed by atoms with Crippen LogP contribution in [0.5, 0.6) is 0 Å². The van der Waals surface area contributed by atoms with Gasteiger partial charge in [-0.05, 0) is 266 Å². The Balaban J connectivity index is 5.48. The highest BCUT2D eigenvalue weighted by atomic mass is 32.2. The van der Waals surface area contributed by atoms with Crippen molar-refractivity contribution < 1.29 is 71.6 Å². The second kappa shape index (κ2) is 111. The molecule has 0 bridgehead atoms. The number of carbonyl (C=O) groups excluding carboxylic acids is 9. The van der Waals surface area contributed by atoms with E-state index in [-0.39, 0.29) is 127 Å². The van der Waals surface area contributed by atoms with Gasteiger partial charge in [0.25, 0.3) is 15.7 Å². The predicted molar refractivity (Wildman–Crippen MR) is 641 cm³/mol. The van der Waals surface area contributed by atoms with Crippen LogP contribution >= 0.6 is 35.3 Å². The first-order valence-electron chi connectivity index (χ1n) is 63.0. The van der Waals surface area contributed by atoms with Crippen LogP contribution in [0.15, 0.2) is 36.5 Å². The highest BCUT2D eigenvalue weighted by Gasteiger charge is 2.26. The smallest absolute Gasteiger partial charge is 0.306 e. The molecule has 150 heavy (non-hydrogen) atoms. The number of allylic oxidation sites excluding steroid dienone is 5. The van der Waals surface area contributed by atoms with Crippen LogP contribution in [0.1, 0.15) is 563 Å². The number of rotatable bonds is 112. The maximum Gasteiger partial charge on any atom is 0.306 e. The third-order valence-corrected chi connectivity index (χ3v) is 31.7. The van der Waals surface area contributed by atoms with Crippen LogP contribution < -0.4 is 0 Å². The molecule has 0 heterocycles. The zero-order valence-electron chi connectivity index (χ0n) is 99.6. The van der Waals surface area contributed by atoms with Crippen LogP contribution in [0.3, 0.4) is 0 Å². The minimum absolute atomic E-state index is 0.0108. The Morgan fingerprint density at radius 3 is 0.707 bits per heavy atom. The molecule has 0 aliphatic rings. The van der Waals surface area contributed by atoms with Gasteiger partial charge in [0, 0.05) is 102 Å². The first-order chi connectivity index (χ1) is 73.1. The summed E-state index contributed by atoms with van der Waals surface area (Å²) in [5.41, 5.74) is 0. The lowest BCUT2D eigenvalue weighted by atomic mass is 10.0. The number of thioether (sulfide) groups is 3. The fourth-order valence-corrected chi connectivity index (χ4v) is 21.8. The fraction of sp³-hybridized carbons (Fsp3) is 0.881. The van der Waals surface area contributed by atoms with Gasteiger partial charge in [-0.2, -0.15) is 0 Å². The van der Waals surface area contributed by atoms with Gasteiger partial charge >= 0.3 is 35.8 Å². The van der Waals surface area contributed by atoms with Crippen molar-refractivity contribution in [3.05, 3.63) is 36.5 Å². The summed E-state index contributed by atoms with van der Waals surface area (Å²) in [5.74, 6) is 0.936. The first-order valence-corrected chi connectivity index (χ1v) is 65.9. The molecule has 0 saturated carbocycles. The molecular formula is C126H236N6O15S3. The molecule has 0 N–H and O–H groups in total. The summed E-state index contributed by atoms with van der Waals surface area (Å²) in [7, 11) is 8.08. The third kappa shape index (κ3) is 97.8. The van der Waals surface area contributed by atoms with Crippen molar-refractivity contribution in [2.45, 2.75) is 594 Å². The predicted octanol–water partition coefficient (Wildman–Crippen LogP) is 35.3. The molecule has 21 nitrogen and oxygen atoms in total. The van der Waals surface area contributed by atoms with Crippen molar-refractivity contribution in [2.24, 2.45) is 0 Å². The van der Waals surface area contributed by atoms with Crippen LogP contribution in [-0.4, -0.2) is 236 Å². The maximum atomic E-state index is 14.0. The van der Waals surface area contributed by atoms with Gasteiger partial charge in [0.1, 0.15) is 37.1 Å². The molecule has 0 radical (unpaired) electrons. The summed E-state index contributed by atoms with van der Waals surface area (Å²) in [6, 6.07) is 0. The van der Waals surface area contributed by atoms with E-state index in [1.54, 1.807) is 4.90 Å². The molecule has 0 rings (SSSR count). The molecule has 3 amide bonds. The zero-order chi connectivity index (χ0) is 110. The van der Waals surface area contributed by atoms with Crippen LogP contribution in [0.4, 0.5) is 14.4 Å². The lowest BCUT2D eigenvalue weighted by Gasteiger charge is -2.23. The van der Waals surface area contributed by atoms with E-state index < -0.39 is 0 Å². The average molecular weight is 2170 g/mol. The van der Waals surface area contributed by atoms with E-state index in [2.05, 4.69) is 107 Å². The lowest BCUT2D eigenvalue weighted by Crippen LogP contribution is -2.31. The van der Waals surface area contributed by atoms with E-state index in [0.717, 1.165) is 269 Å². The van der Waals surface area contributed by atoms with Crippen molar-refractivity contribution >= 4 is 86.8 Å². The molecular weight excluding hydrogens is 1930 g/mol. The molecule has 878 valence electrons. The average Bonchev–Trinajstić information content (AvgIpc) is 0.917. The van der Waals surface area contributed by atoms with Gasteiger partial charge in [-0.3, -0.25) is 43.2 Å². The Labute approximate surface area is 935 Å². The van der Waals surface area contributed by atoms with Gasteiger partial charge in [0.15, 0.2) is 0 Å². The summed E-state index contributed by atoms with van der Waals surface area (Å²) in [6.07, 6.45) is 89.9. The molecule has 0 aromatic rings. The normalized spacial score (nSPS) is 12.6. The van der Waals surface area contributed by atoms with E-state index >= 15 is 0 Å². The summed E-state index contributed by atoms with van der Waals surface area (Å²) in [5, 5.41) is -0.00601. The number of carbonyl (C=O) groups is 9. The molecule has 0 fully saturated rings. The van der Waals surface area contributed by atoms with Crippen LogP contribution in [0, 0.1) is 0 Å². The fourth-order valence-electron chi connectivity index (χ4n) is 19.2. The Morgan fingerprint density at radius 2 is 0.433 bits per heavy atom. The lowest BCUT2D eigenvalue weighted by molar-refractivity contribution is -0.151. The van der Waals surface area contributed by atoms with Crippen LogP contribution in [0.25, 0.3) is 0 Å². The second-order valence-corrected chi connectivity index (χ2v) is 46.7. The van der Waals surface area contributed by atoms with Crippen LogP contribution in [0.2, 0.25) is 0 Å². The minimum Gasteiger partial charge on any atom is -0.462 e. The number of hydrogen-bond acceptors (Lipinski definition) is 21. The third-order valence-electron chi connectivity index (χ3n) is 28.8. The van der Waals surface area contributed by atoms with Crippen LogP contribution in [-0.2, 0) is 57.2 Å². The van der Waals surface area contributed by atoms with E-state index in [9.17, 15) is 43.2 Å². The molecule has 0 aliphatic carbocycles. The van der Waals surface area contributed by atoms with Crippen molar-refractivity contribution in [2.75, 3.05) is 124 Å². The molecule has 24 heteroatoms. The molecule has 0 aromatic heterocycles. The maximum absolute atomic E-state index is 14.0.